The first-order chi connectivity index (χ1) is 14.5. The fraction of sp³-hybridized carbons (Fsp3) is 0.304. The molecule has 0 saturated carbocycles. The van der Waals surface area contributed by atoms with Gasteiger partial charge in [-0.25, -0.2) is 0 Å². The Morgan fingerprint density at radius 2 is 1.80 bits per heavy atom. The zero-order valence-corrected chi connectivity index (χ0v) is 18.7. The zero-order valence-electron chi connectivity index (χ0n) is 17.9. The normalized spacial score (nSPS) is 12.1. The van der Waals surface area contributed by atoms with Crippen molar-refractivity contribution < 1.29 is 19.0 Å². The summed E-state index contributed by atoms with van der Waals surface area (Å²) >= 11 is 1.51. The molecule has 0 unspecified atom stereocenters. The molecule has 0 saturated heterocycles. The number of carbonyl (C=O) groups excluding carboxylic acids is 1. The largest absolute Gasteiger partial charge is 0.493 e. The molecule has 0 N–H and O–H groups in total. The smallest absolute Gasteiger partial charge is 0.272 e. The lowest BCUT2D eigenvalue weighted by Gasteiger charge is -2.07. The van der Waals surface area contributed by atoms with Crippen LogP contribution in [-0.2, 0) is 16.1 Å². The van der Waals surface area contributed by atoms with E-state index in [4.69, 9.17) is 14.2 Å². The van der Waals surface area contributed by atoms with Gasteiger partial charge in [-0.05, 0) is 60.9 Å². The number of benzene rings is 2. The Morgan fingerprint density at radius 1 is 1.07 bits per heavy atom. The van der Waals surface area contributed by atoms with Crippen molar-refractivity contribution in [2.45, 2.75) is 20.4 Å². The van der Waals surface area contributed by atoms with Crippen LogP contribution in [0.1, 0.15) is 16.7 Å². The van der Waals surface area contributed by atoms with E-state index in [-0.39, 0.29) is 5.91 Å². The number of aryl methyl sites for hydroxylation is 2. The van der Waals surface area contributed by atoms with Gasteiger partial charge in [0.25, 0.3) is 5.91 Å². The molecule has 0 bridgehead atoms. The summed E-state index contributed by atoms with van der Waals surface area (Å²) in [5, 5.41) is 0. The number of carbonyl (C=O) groups is 1. The van der Waals surface area contributed by atoms with Gasteiger partial charge in [0.2, 0.25) is 0 Å². The molecule has 7 heteroatoms. The molecule has 30 heavy (non-hydrogen) atoms. The maximum Gasteiger partial charge on any atom is 0.272 e. The summed E-state index contributed by atoms with van der Waals surface area (Å²) in [6.45, 7) is 5.34. The van der Waals surface area contributed by atoms with E-state index in [1.807, 2.05) is 16.7 Å². The van der Waals surface area contributed by atoms with Crippen molar-refractivity contribution in [3.05, 3.63) is 57.9 Å². The molecule has 1 heterocycles. The van der Waals surface area contributed by atoms with Crippen molar-refractivity contribution in [2.24, 2.45) is 4.99 Å². The van der Waals surface area contributed by atoms with Crippen LogP contribution in [0.5, 0.6) is 11.5 Å². The van der Waals surface area contributed by atoms with E-state index in [0.29, 0.717) is 29.5 Å². The van der Waals surface area contributed by atoms with E-state index in [2.05, 4.69) is 31.0 Å². The Labute approximate surface area is 180 Å². The molecule has 3 rings (SSSR count). The fourth-order valence-electron chi connectivity index (χ4n) is 3.06. The van der Waals surface area contributed by atoms with Crippen molar-refractivity contribution in [3.8, 4) is 11.5 Å². The topological polar surface area (TPSA) is 62.1 Å². The summed E-state index contributed by atoms with van der Waals surface area (Å²) in [5.41, 5.74) is 4.31. The molecule has 0 aliphatic heterocycles. The van der Waals surface area contributed by atoms with E-state index in [9.17, 15) is 4.79 Å². The molecule has 0 spiro atoms. The van der Waals surface area contributed by atoms with Gasteiger partial charge in [0.15, 0.2) is 16.3 Å². The summed E-state index contributed by atoms with van der Waals surface area (Å²) in [6, 6.07) is 9.75. The lowest BCUT2D eigenvalue weighted by Crippen LogP contribution is -2.19. The minimum atomic E-state index is -0.323. The summed E-state index contributed by atoms with van der Waals surface area (Å²) in [6.07, 6.45) is 3.18. The maximum absolute atomic E-state index is 12.6. The molecule has 0 aliphatic carbocycles. The maximum atomic E-state index is 12.6. The Kier molecular flexibility index (Phi) is 7.07. The first-order valence-electron chi connectivity index (χ1n) is 9.55. The molecule has 1 amide bonds. The predicted molar refractivity (Wildman–Crippen MR) is 120 cm³/mol. The Hall–Kier alpha value is -2.90. The van der Waals surface area contributed by atoms with Crippen molar-refractivity contribution in [3.63, 3.8) is 0 Å². The molecule has 158 valence electrons. The van der Waals surface area contributed by atoms with Crippen LogP contribution in [0, 0.1) is 13.8 Å². The van der Waals surface area contributed by atoms with Gasteiger partial charge in [0.05, 0.1) is 31.0 Å². The van der Waals surface area contributed by atoms with Gasteiger partial charge in [-0.15, -0.1) is 0 Å². The average molecular weight is 427 g/mol. The number of nitrogens with zero attached hydrogens (tertiary/aromatic N) is 2. The van der Waals surface area contributed by atoms with Gasteiger partial charge >= 0.3 is 0 Å². The summed E-state index contributed by atoms with van der Waals surface area (Å²) < 4.78 is 18.9. The van der Waals surface area contributed by atoms with E-state index < -0.39 is 0 Å². The van der Waals surface area contributed by atoms with Crippen LogP contribution in [-0.4, -0.2) is 38.4 Å². The Balaban J connectivity index is 1.95. The first-order valence-corrected chi connectivity index (χ1v) is 10.4. The van der Waals surface area contributed by atoms with Gasteiger partial charge in [0.1, 0.15) is 0 Å². The van der Waals surface area contributed by atoms with Gasteiger partial charge in [-0.3, -0.25) is 4.79 Å². The molecule has 0 radical (unpaired) electrons. The van der Waals surface area contributed by atoms with Crippen LogP contribution in [0.25, 0.3) is 16.3 Å². The third-order valence-corrected chi connectivity index (χ3v) is 5.89. The van der Waals surface area contributed by atoms with Gasteiger partial charge in [0, 0.05) is 19.7 Å². The molecule has 6 nitrogen and oxygen atoms in total. The van der Waals surface area contributed by atoms with E-state index in [0.717, 1.165) is 15.8 Å². The Bertz CT molecular complexity index is 1160. The monoisotopic (exact) mass is 426 g/mol. The summed E-state index contributed by atoms with van der Waals surface area (Å²) in [7, 11) is 4.83. The number of rotatable bonds is 7. The quantitative estimate of drug-likeness (QED) is 0.533. The molecule has 0 atom stereocenters. The van der Waals surface area contributed by atoms with Crippen LogP contribution < -0.4 is 14.3 Å². The second-order valence-electron chi connectivity index (χ2n) is 6.83. The highest BCUT2D eigenvalue weighted by atomic mass is 32.1. The number of aromatic nitrogens is 1. The molecule has 0 aliphatic rings. The molecule has 2 aromatic carbocycles. The number of hydrogen-bond acceptors (Lipinski definition) is 5. The zero-order chi connectivity index (χ0) is 21.7. The molecule has 0 fully saturated rings. The van der Waals surface area contributed by atoms with Gasteiger partial charge in [-0.1, -0.05) is 17.4 Å². The lowest BCUT2D eigenvalue weighted by molar-refractivity contribution is -0.113. The van der Waals surface area contributed by atoms with Crippen molar-refractivity contribution in [2.75, 3.05) is 27.9 Å². The van der Waals surface area contributed by atoms with E-state index >= 15 is 0 Å². The second-order valence-corrected chi connectivity index (χ2v) is 7.84. The molecular weight excluding hydrogens is 400 g/mol. The number of hydrogen-bond donors (Lipinski definition) is 0. The number of fused-ring (bicyclic) bond motifs is 1. The average Bonchev–Trinajstić information content (AvgIpc) is 3.06. The predicted octanol–water partition coefficient (Wildman–Crippen LogP) is 4.12. The van der Waals surface area contributed by atoms with Crippen molar-refractivity contribution in [1.82, 2.24) is 4.57 Å². The number of methoxy groups -OCH3 is 3. The molecule has 1 aromatic heterocycles. The minimum absolute atomic E-state index is 0.323. The third-order valence-electron chi connectivity index (χ3n) is 4.85. The SMILES string of the molecule is COCCn1c(=NC(=O)/C=C/c2ccc(OC)c(OC)c2)sc2cc(C)c(C)cc21. The number of thiazole rings is 1. The van der Waals surface area contributed by atoms with Crippen LogP contribution in [0.15, 0.2) is 41.4 Å². The van der Waals surface area contributed by atoms with Gasteiger partial charge in [-0.2, -0.15) is 4.99 Å². The van der Waals surface area contributed by atoms with Crippen molar-refractivity contribution in [1.29, 1.82) is 0 Å². The van der Waals surface area contributed by atoms with Crippen LogP contribution in [0.4, 0.5) is 0 Å². The molecular formula is C23H26N2O4S. The second kappa shape index (κ2) is 9.73. The summed E-state index contributed by atoms with van der Waals surface area (Å²) in [4.78, 5) is 17.6. The first kappa shape index (κ1) is 21.8. The highest BCUT2D eigenvalue weighted by molar-refractivity contribution is 7.16. The Morgan fingerprint density at radius 3 is 2.50 bits per heavy atom. The van der Waals surface area contributed by atoms with Crippen molar-refractivity contribution >= 4 is 33.5 Å². The number of amides is 1. The highest BCUT2D eigenvalue weighted by Gasteiger charge is 2.09. The lowest BCUT2D eigenvalue weighted by atomic mass is 10.1. The third kappa shape index (κ3) is 4.80. The van der Waals surface area contributed by atoms with Crippen LogP contribution in [0.2, 0.25) is 0 Å². The van der Waals surface area contributed by atoms with Crippen LogP contribution in [0.3, 0.4) is 0 Å². The van der Waals surface area contributed by atoms with E-state index in [1.165, 1.54) is 28.5 Å². The highest BCUT2D eigenvalue weighted by Crippen LogP contribution is 2.28. The van der Waals surface area contributed by atoms with Crippen LogP contribution >= 0.6 is 11.3 Å². The standard InChI is InChI=1S/C23H26N2O4S/c1-15-12-18-21(13-16(15)2)30-23(25(18)10-11-27-3)24-22(26)9-7-17-6-8-19(28-4)20(14-17)29-5/h6-9,12-14H,10-11H2,1-5H3/b9-7+,24-23?. The fourth-order valence-corrected chi connectivity index (χ4v) is 4.20. The number of ether oxygens (including phenoxy) is 3. The minimum Gasteiger partial charge on any atom is -0.493 e. The summed E-state index contributed by atoms with van der Waals surface area (Å²) in [5.74, 6) is 0.924. The van der Waals surface area contributed by atoms with E-state index in [1.54, 1.807) is 33.5 Å². The van der Waals surface area contributed by atoms with Gasteiger partial charge < -0.3 is 18.8 Å². The molecule has 3 aromatic rings.